The van der Waals surface area contributed by atoms with E-state index in [1.165, 1.54) is 25.4 Å². The number of imidazole rings is 1. The van der Waals surface area contributed by atoms with Crippen molar-refractivity contribution in [3.05, 3.63) is 81.4 Å². The van der Waals surface area contributed by atoms with E-state index in [4.69, 9.17) is 18.9 Å². The third-order valence-corrected chi connectivity index (χ3v) is 19.8. The Morgan fingerprint density at radius 3 is 1.73 bits per heavy atom. The number of aliphatic carboxylic acids is 4. The molecular weight excluding hydrogens is 1510 g/mol. The topological polar surface area (TPSA) is 572 Å². The fraction of sp³-hybridized carbons (Fsp3) is 0.591. The maximum absolute atomic E-state index is 13.5. The van der Waals surface area contributed by atoms with Gasteiger partial charge in [0.1, 0.15) is 36.0 Å². The zero-order valence-corrected chi connectivity index (χ0v) is 64.9. The highest BCUT2D eigenvalue weighted by atomic mass is 32.2. The number of nitrogens with one attached hydrogen (secondary N) is 8. The molecule has 0 radical (unpaired) electrons. The van der Waals surface area contributed by atoms with Crippen LogP contribution in [0.4, 0.5) is 5.95 Å². The number of aromatic amines is 1. The van der Waals surface area contributed by atoms with Gasteiger partial charge in [-0.2, -0.15) is 4.72 Å². The van der Waals surface area contributed by atoms with Crippen LogP contribution >= 0.6 is 15.2 Å². The fourth-order valence-electron chi connectivity index (χ4n) is 11.3. The van der Waals surface area contributed by atoms with Crippen molar-refractivity contribution in [1.82, 2.24) is 70.3 Å². The summed E-state index contributed by atoms with van der Waals surface area (Å²) in [5, 5.41) is 54.7. The molecule has 616 valence electrons. The molecule has 3 heterocycles. The lowest BCUT2D eigenvalue weighted by atomic mass is 10.1. The number of aromatic nitrogens is 3. The van der Waals surface area contributed by atoms with Crippen molar-refractivity contribution in [2.45, 2.75) is 82.3 Å². The smallest absolute Gasteiger partial charge is 0.339 e. The molecule has 5 rings (SSSR count). The van der Waals surface area contributed by atoms with Crippen LogP contribution in [0.2, 0.25) is 0 Å². The van der Waals surface area contributed by atoms with Crippen LogP contribution in [0.25, 0.3) is 10.9 Å². The van der Waals surface area contributed by atoms with E-state index in [-0.39, 0.29) is 133 Å². The molecule has 110 heavy (non-hydrogen) atoms. The number of anilines is 1. The Bertz CT molecular complexity index is 3860. The summed E-state index contributed by atoms with van der Waals surface area (Å²) in [5.74, 6) is -6.59. The number of amides is 5. The van der Waals surface area contributed by atoms with Gasteiger partial charge in [-0.1, -0.05) is 6.07 Å². The molecule has 2 aromatic carbocycles. The monoisotopic (exact) mass is 1620 g/mol. The Balaban J connectivity index is 0.000000464. The van der Waals surface area contributed by atoms with Gasteiger partial charge in [0.05, 0.1) is 63.0 Å². The minimum Gasteiger partial charge on any atom is -0.494 e. The van der Waals surface area contributed by atoms with Gasteiger partial charge in [0, 0.05) is 150 Å². The Morgan fingerprint density at radius 2 is 1.19 bits per heavy atom. The largest absolute Gasteiger partial charge is 0.494 e. The number of pyridine rings is 1. The maximum atomic E-state index is 13.5. The van der Waals surface area contributed by atoms with Crippen molar-refractivity contribution in [1.29, 1.82) is 0 Å². The molecule has 44 heteroatoms. The number of sulfonamides is 1. The number of fused-ring (bicyclic) bond motifs is 1. The van der Waals surface area contributed by atoms with Crippen LogP contribution in [0.15, 0.2) is 58.6 Å². The number of hydrogen-bond donors (Lipinski definition) is 16. The Hall–Kier alpha value is -8.42. The molecule has 1 aliphatic heterocycles. The molecule has 0 aliphatic carbocycles. The predicted molar refractivity (Wildman–Crippen MR) is 398 cm³/mol. The molecule has 5 amide bonds. The minimum atomic E-state index is -4.74. The molecule has 1 saturated heterocycles. The molecule has 41 nitrogen and oxygen atoms in total. The third-order valence-electron chi connectivity index (χ3n) is 16.5. The normalized spacial score (nSPS) is 14.4. The highest BCUT2D eigenvalue weighted by molar-refractivity contribution is 7.89. The Kier molecular flexibility index (Phi) is 41.3. The average molecular weight is 1620 g/mol. The summed E-state index contributed by atoms with van der Waals surface area (Å²) in [6, 6.07) is 5.41. The van der Waals surface area contributed by atoms with Gasteiger partial charge in [0.2, 0.25) is 39.1 Å². The van der Waals surface area contributed by atoms with Gasteiger partial charge in [-0.3, -0.25) is 81.6 Å². The molecule has 1 aliphatic rings. The molecule has 2 atom stereocenters. The lowest BCUT2D eigenvalue weighted by molar-refractivity contribution is -0.140. The van der Waals surface area contributed by atoms with E-state index < -0.39 is 116 Å². The number of unbranched alkanes of at least 4 members (excludes halogenated alkanes) is 1. The number of methoxy groups -OCH3 is 2. The second kappa shape index (κ2) is 48.4. The van der Waals surface area contributed by atoms with E-state index >= 15 is 0 Å². The zero-order chi connectivity index (χ0) is 81.6. The first-order valence-electron chi connectivity index (χ1n) is 35.1. The molecular formula is C66H105N15O26P2S. The van der Waals surface area contributed by atoms with Gasteiger partial charge in [0.25, 0.3) is 5.91 Å². The summed E-state index contributed by atoms with van der Waals surface area (Å²) in [6.07, 6.45) is 5.14. The molecule has 4 aromatic rings. The van der Waals surface area contributed by atoms with Crippen LogP contribution in [-0.2, 0) is 85.3 Å². The van der Waals surface area contributed by atoms with Crippen molar-refractivity contribution in [3.63, 3.8) is 0 Å². The van der Waals surface area contributed by atoms with Crippen LogP contribution in [0, 0.1) is 13.8 Å². The number of benzene rings is 2. The van der Waals surface area contributed by atoms with E-state index in [0.29, 0.717) is 105 Å². The summed E-state index contributed by atoms with van der Waals surface area (Å²) in [7, 11) is -9.10. The lowest BCUT2D eigenvalue weighted by Gasteiger charge is -2.33. The number of aryl methyl sites for hydroxylation is 3. The number of carbonyl (C=O) groups excluding carboxylic acids is 5. The van der Waals surface area contributed by atoms with E-state index in [1.807, 2.05) is 0 Å². The average Bonchev–Trinajstić information content (AvgIpc) is 0.866. The molecule has 0 spiro atoms. The Labute approximate surface area is 635 Å². The van der Waals surface area contributed by atoms with Crippen LogP contribution in [0.3, 0.4) is 0 Å². The third kappa shape index (κ3) is 37.5. The molecule has 2 aromatic heterocycles. The number of carboxylic acid groups (broad SMARTS) is 4. The van der Waals surface area contributed by atoms with E-state index in [0.717, 1.165) is 5.56 Å². The molecule has 16 N–H and O–H groups in total. The lowest BCUT2D eigenvalue weighted by Crippen LogP contribution is -2.52. The molecule has 1 unspecified atom stereocenters. The summed E-state index contributed by atoms with van der Waals surface area (Å²) in [4.78, 5) is 175. The van der Waals surface area contributed by atoms with Crippen molar-refractivity contribution < 1.29 is 120 Å². The van der Waals surface area contributed by atoms with Gasteiger partial charge in [-0.25, -0.2) is 13.4 Å². The van der Waals surface area contributed by atoms with E-state index in [1.54, 1.807) is 82.8 Å². The Morgan fingerprint density at radius 1 is 0.645 bits per heavy atom. The summed E-state index contributed by atoms with van der Waals surface area (Å²) < 4.78 is 74.5. The standard InChI is InChI=1S/C36H47N7O10S.C30H58N8O16P2/c1-23-17-26(53-14-5-7-31(44)37-10-6-13-52-16-15-51-4)18-24(2)33(23)54(49,50)42-29(35(47)48)21-40-34(46)28-22-43(3)30-19-25(8-9-27(30)32(28)45)20-41-36-38-11-12-39-36;1-54-16-4-7-32-30(47)24(5-2-3-6-31-25(39)17-38(22-55(48,49)50)23-56(51,52)53)33-26(40)18-34-8-10-35(19-27(41)42)12-14-37(21-29(45)46)15-13-36(11-9-34)20-28(43)44/h8-9,11-12,17-19,22,29,42H,5-7,10,13-16,20-21H2,1-4H3,(H,37,44)(H,40,46)(H,47,48)(H2,38,39,41);24H,2-23H2,1H3,(H,31,39)(H,32,47)(H,33,40)(H,41,42)(H,43,44)(H,45,46)(H2,48,49,50)(H2,51,52,53)/t;24-/m.1/s1. The molecule has 1 fully saturated rings. The SMILES string of the molecule is COCCCNC(=O)[C@@H](CCCCNC(=O)CN(CP(=O)(O)O)CP(=O)(O)O)NC(=O)CN1CCN(CC(=O)O)CCN(CC(=O)O)CCN(CC(=O)O)CC1.COCCOCCCNC(=O)CCCOc1cc(C)c(S(=O)(=O)NC(CNC(=O)c2cn(C)c3cc(CNc4ncc[nH]4)ccc3c2=O)C(=O)O)c(C)c1. The second-order valence-corrected chi connectivity index (χ2v) is 30.7. The highest BCUT2D eigenvalue weighted by Gasteiger charge is 2.32. The summed E-state index contributed by atoms with van der Waals surface area (Å²) >= 11 is 0. The number of nitrogens with zero attached hydrogens (tertiary/aromatic N) is 7. The molecule has 0 saturated carbocycles. The second-order valence-electron chi connectivity index (χ2n) is 25.8. The van der Waals surface area contributed by atoms with Crippen molar-refractivity contribution in [2.75, 3.05) is 176 Å². The van der Waals surface area contributed by atoms with Crippen molar-refractivity contribution in [2.24, 2.45) is 7.05 Å². The van der Waals surface area contributed by atoms with E-state index in [2.05, 4.69) is 46.6 Å². The zero-order valence-electron chi connectivity index (χ0n) is 62.3. The van der Waals surface area contributed by atoms with Gasteiger partial charge in [-0.15, -0.1) is 0 Å². The summed E-state index contributed by atoms with van der Waals surface area (Å²) in [6.45, 7) is 5.44. The highest BCUT2D eigenvalue weighted by Crippen LogP contribution is 2.40. The summed E-state index contributed by atoms with van der Waals surface area (Å²) in [5.41, 5.74) is 1.24. The number of hydrogen-bond acceptors (Lipinski definition) is 25. The van der Waals surface area contributed by atoms with Crippen LogP contribution in [-0.4, -0.2) is 324 Å². The maximum Gasteiger partial charge on any atom is 0.339 e. The first kappa shape index (κ1) is 94.0. The number of carbonyl (C=O) groups is 9. The van der Waals surface area contributed by atoms with Gasteiger partial charge in [0.15, 0.2) is 5.95 Å². The van der Waals surface area contributed by atoms with E-state index in [9.17, 15) is 105 Å². The fourth-order valence-corrected chi connectivity index (χ4v) is 14.6. The number of carboxylic acids is 4. The quantitative estimate of drug-likeness (QED) is 0.0167. The van der Waals surface area contributed by atoms with Crippen LogP contribution in [0.1, 0.15) is 72.0 Å². The van der Waals surface area contributed by atoms with Crippen molar-refractivity contribution >= 4 is 95.5 Å². The number of rotatable bonds is 47. The van der Waals surface area contributed by atoms with Gasteiger partial charge < -0.3 is 100 Å². The predicted octanol–water partition coefficient (Wildman–Crippen LogP) is -2.06. The van der Waals surface area contributed by atoms with Gasteiger partial charge in [-0.05, 0) is 93.3 Å². The minimum absolute atomic E-state index is 0.0378. The molecule has 0 bridgehead atoms. The van der Waals surface area contributed by atoms with Gasteiger partial charge >= 0.3 is 39.1 Å². The number of H-pyrrole nitrogens is 1. The van der Waals surface area contributed by atoms with Crippen molar-refractivity contribution in [3.8, 4) is 5.75 Å². The number of ether oxygens (including phenoxy) is 4. The first-order valence-corrected chi connectivity index (χ1v) is 40.2. The van der Waals surface area contributed by atoms with Crippen LogP contribution in [0.5, 0.6) is 5.75 Å². The first-order chi connectivity index (χ1) is 51.9. The van der Waals surface area contributed by atoms with Crippen LogP contribution < -0.4 is 46.8 Å².